The number of carbonyl (C=O) groups is 1. The van der Waals surface area contributed by atoms with Crippen molar-refractivity contribution in [2.24, 2.45) is 0 Å². The highest BCUT2D eigenvalue weighted by Gasteiger charge is 2.44. The number of benzene rings is 3. The summed E-state index contributed by atoms with van der Waals surface area (Å²) < 4.78 is 74.9. The van der Waals surface area contributed by atoms with Gasteiger partial charge >= 0.3 is 0 Å². The zero-order chi connectivity index (χ0) is 28.7. The van der Waals surface area contributed by atoms with Crippen LogP contribution in [-0.4, -0.2) is 47.3 Å². The van der Waals surface area contributed by atoms with Gasteiger partial charge in [-0.3, -0.25) is 4.79 Å². The highest BCUT2D eigenvalue weighted by molar-refractivity contribution is 7.70. The maximum absolute atomic E-state index is 15.2. The molecule has 4 aromatic rings. The zero-order valence-corrected chi connectivity index (χ0v) is 21.4. The van der Waals surface area contributed by atoms with Gasteiger partial charge < -0.3 is 18.8 Å². The Hall–Kier alpha value is -3.51. The summed E-state index contributed by atoms with van der Waals surface area (Å²) in [6, 6.07) is 10.7. The van der Waals surface area contributed by atoms with Crippen LogP contribution in [0.25, 0.3) is 22.2 Å². The van der Waals surface area contributed by atoms with Crippen molar-refractivity contribution >= 4 is 29.4 Å². The molecule has 0 saturated heterocycles. The van der Waals surface area contributed by atoms with Crippen molar-refractivity contribution in [3.8, 4) is 16.9 Å². The third kappa shape index (κ3) is 3.53. The number of fused-ring (bicyclic) bond motifs is 9. The molecule has 0 fully saturated rings. The average molecular weight is 525 g/mol. The monoisotopic (exact) mass is 524 g/mol. The second-order valence-corrected chi connectivity index (χ2v) is 13.0. The van der Waals surface area contributed by atoms with E-state index in [1.807, 2.05) is 11.5 Å². The van der Waals surface area contributed by atoms with E-state index < -0.39 is 43.7 Å². The molecule has 2 aliphatic rings. The molecule has 9 heteroatoms. The number of imidazole rings is 1. The molecule has 2 aliphatic heterocycles. The normalized spacial score (nSPS) is 20.2. The topological polar surface area (TPSA) is 64.4 Å². The van der Waals surface area contributed by atoms with E-state index >= 15 is 4.39 Å². The van der Waals surface area contributed by atoms with Crippen LogP contribution < -0.4 is 10.0 Å². The number of hydrogen-bond donors (Lipinski definition) is 0. The lowest BCUT2D eigenvalue weighted by molar-refractivity contribution is 0.0734. The number of nitrogens with zero attached hydrogens (tertiary/aromatic N) is 3. The van der Waals surface area contributed by atoms with Crippen molar-refractivity contribution in [2.45, 2.75) is 25.4 Å². The number of hydrogen-bond acceptors (Lipinski definition) is 4. The van der Waals surface area contributed by atoms with Crippen LogP contribution in [0.5, 0.6) is 5.75 Å². The Bertz CT molecular complexity index is 1770. The minimum absolute atomic E-state index is 0.0000393. The molecule has 0 unspecified atom stereocenters. The fraction of sp³-hybridized carbons (Fsp3) is 0.286. The maximum atomic E-state index is 15.2. The number of ether oxygens (including phenoxy) is 1. The van der Waals surface area contributed by atoms with E-state index in [2.05, 4.69) is 0 Å². The molecule has 6 rings (SSSR count). The van der Waals surface area contributed by atoms with Crippen LogP contribution in [0.1, 0.15) is 51.3 Å². The Morgan fingerprint density at radius 1 is 1.11 bits per heavy atom. The van der Waals surface area contributed by atoms with Crippen LogP contribution in [0.15, 0.2) is 48.5 Å². The standard InChI is InChI=1S/C28H26F2N3O3P/c1-5-36-24-8-6-7-16-26(24)22-14-23(32(2)28(16)34)27-31-20-10-9-15(11-21(20)33(22)27)17-12-19(30)25(13-18(17)29)37(3,4)35/h6-13,22-23H,5,14H2,1-4H3/t22-,23-/m1/s1/i2D3. The second kappa shape index (κ2) is 8.25. The fourth-order valence-corrected chi connectivity index (χ4v) is 6.53. The zero-order valence-electron chi connectivity index (χ0n) is 23.5. The molecule has 0 radical (unpaired) electrons. The fourth-order valence-electron chi connectivity index (χ4n) is 5.53. The summed E-state index contributed by atoms with van der Waals surface area (Å²) in [5, 5.41) is -0.153. The summed E-state index contributed by atoms with van der Waals surface area (Å²) in [7, 11) is -3.04. The molecule has 0 N–H and O–H groups in total. The Kier molecular flexibility index (Phi) is 4.58. The lowest BCUT2D eigenvalue weighted by Gasteiger charge is -2.24. The molecule has 190 valence electrons. The van der Waals surface area contributed by atoms with Crippen molar-refractivity contribution < 1.29 is 27.0 Å². The van der Waals surface area contributed by atoms with E-state index in [-0.39, 0.29) is 22.9 Å². The highest BCUT2D eigenvalue weighted by atomic mass is 31.2. The van der Waals surface area contributed by atoms with Gasteiger partial charge in [-0.1, -0.05) is 12.1 Å². The minimum atomic E-state index is -3.04. The summed E-state index contributed by atoms with van der Waals surface area (Å²) in [6.07, 6.45) is 0.268. The summed E-state index contributed by atoms with van der Waals surface area (Å²) in [4.78, 5) is 19.3. The van der Waals surface area contributed by atoms with Gasteiger partial charge in [0.2, 0.25) is 0 Å². The predicted molar refractivity (Wildman–Crippen MR) is 139 cm³/mol. The van der Waals surface area contributed by atoms with Crippen molar-refractivity contribution in [1.82, 2.24) is 14.5 Å². The number of halogens is 2. The van der Waals surface area contributed by atoms with Crippen molar-refractivity contribution in [3.63, 3.8) is 0 Å². The molecular formula is C28H26F2N3O3P. The van der Waals surface area contributed by atoms with Crippen LogP contribution in [0.4, 0.5) is 8.78 Å². The number of carbonyl (C=O) groups excluding carboxylic acids is 1. The van der Waals surface area contributed by atoms with E-state index in [4.69, 9.17) is 13.8 Å². The molecule has 1 aromatic heterocycles. The first-order valence-corrected chi connectivity index (χ1v) is 14.6. The van der Waals surface area contributed by atoms with Gasteiger partial charge in [-0.25, -0.2) is 13.8 Å². The maximum Gasteiger partial charge on any atom is 0.254 e. The van der Waals surface area contributed by atoms with E-state index in [1.54, 1.807) is 36.4 Å². The highest BCUT2D eigenvalue weighted by Crippen LogP contribution is 2.50. The number of amides is 1. The van der Waals surface area contributed by atoms with Gasteiger partial charge in [0.25, 0.3) is 5.91 Å². The molecular weight excluding hydrogens is 495 g/mol. The summed E-state index contributed by atoms with van der Waals surface area (Å²) in [6.45, 7) is 2.20. The Balaban J connectivity index is 1.59. The van der Waals surface area contributed by atoms with Gasteiger partial charge in [0.15, 0.2) is 0 Å². The van der Waals surface area contributed by atoms with E-state index in [9.17, 15) is 13.8 Å². The van der Waals surface area contributed by atoms with E-state index in [0.717, 1.165) is 17.0 Å². The van der Waals surface area contributed by atoms with Gasteiger partial charge in [0.1, 0.15) is 30.4 Å². The first kappa shape index (κ1) is 20.5. The van der Waals surface area contributed by atoms with Crippen molar-refractivity contribution in [2.75, 3.05) is 26.9 Å². The molecule has 3 heterocycles. The van der Waals surface area contributed by atoms with E-state index in [1.165, 1.54) is 13.3 Å². The SMILES string of the molecule is [2H]C([2H])([2H])N1C(=O)c2cccc(OCC)c2[C@H]2C[C@@H]1c1nc3ccc(-c4cc(F)c(P(C)(C)=O)cc4F)cc3n12. The Morgan fingerprint density at radius 3 is 2.65 bits per heavy atom. The Labute approximate surface area is 217 Å². The molecule has 6 nitrogen and oxygen atoms in total. The number of rotatable bonds is 4. The van der Waals surface area contributed by atoms with Crippen LogP contribution in [0.3, 0.4) is 0 Å². The quantitative estimate of drug-likeness (QED) is 0.319. The first-order valence-electron chi connectivity index (χ1n) is 13.5. The minimum Gasteiger partial charge on any atom is -0.493 e. The molecule has 0 saturated carbocycles. The van der Waals surface area contributed by atoms with Crippen molar-refractivity contribution in [1.29, 1.82) is 0 Å². The number of aromatic nitrogens is 2. The Morgan fingerprint density at radius 2 is 1.92 bits per heavy atom. The van der Waals surface area contributed by atoms with Crippen LogP contribution in [-0.2, 0) is 4.57 Å². The third-order valence-electron chi connectivity index (χ3n) is 7.16. The van der Waals surface area contributed by atoms with Crippen LogP contribution >= 0.6 is 7.14 Å². The molecule has 37 heavy (non-hydrogen) atoms. The predicted octanol–water partition coefficient (Wildman–Crippen LogP) is 5.75. The summed E-state index contributed by atoms with van der Waals surface area (Å²) in [5.74, 6) is -1.21. The van der Waals surface area contributed by atoms with Crippen LogP contribution in [0, 0.1) is 11.6 Å². The van der Waals surface area contributed by atoms with Crippen molar-refractivity contribution in [3.05, 3.63) is 77.1 Å². The molecule has 3 aromatic carbocycles. The van der Waals surface area contributed by atoms with Gasteiger partial charge in [-0.2, -0.15) is 0 Å². The molecule has 1 amide bonds. The lowest BCUT2D eigenvalue weighted by Crippen LogP contribution is -2.30. The third-order valence-corrected chi connectivity index (χ3v) is 8.66. The molecule has 0 aliphatic carbocycles. The second-order valence-electron chi connectivity index (χ2n) is 9.77. The van der Waals surface area contributed by atoms with Gasteiger partial charge in [0, 0.05) is 39.5 Å². The average Bonchev–Trinajstić information content (AvgIpc) is 3.37. The van der Waals surface area contributed by atoms with Crippen LogP contribution in [0.2, 0.25) is 0 Å². The molecule has 2 bridgehead atoms. The van der Waals surface area contributed by atoms with Gasteiger partial charge in [0.05, 0.1) is 29.7 Å². The smallest absolute Gasteiger partial charge is 0.254 e. The van der Waals surface area contributed by atoms with Gasteiger partial charge in [-0.15, -0.1) is 0 Å². The molecule has 2 atom stereocenters. The molecule has 0 spiro atoms. The largest absolute Gasteiger partial charge is 0.493 e. The lowest BCUT2D eigenvalue weighted by atomic mass is 9.97. The summed E-state index contributed by atoms with van der Waals surface area (Å²) >= 11 is 0. The first-order chi connectivity index (χ1) is 18.8. The summed E-state index contributed by atoms with van der Waals surface area (Å²) in [5.41, 5.74) is 2.29. The van der Waals surface area contributed by atoms with Gasteiger partial charge in [-0.05, 0) is 62.2 Å². The van der Waals surface area contributed by atoms with E-state index in [0.29, 0.717) is 40.3 Å².